The minimum atomic E-state index is -0.298. The van der Waals surface area contributed by atoms with Gasteiger partial charge in [0.1, 0.15) is 11.2 Å². The number of para-hydroxylation sites is 1. The van der Waals surface area contributed by atoms with Crippen molar-refractivity contribution in [1.82, 2.24) is 0 Å². The summed E-state index contributed by atoms with van der Waals surface area (Å²) in [4.78, 5) is 0. The molecule has 0 fully saturated rings. The van der Waals surface area contributed by atoms with E-state index in [9.17, 15) is 2.74 Å². The molecule has 0 saturated carbocycles. The highest BCUT2D eigenvalue weighted by atomic mass is 16.3. The summed E-state index contributed by atoms with van der Waals surface area (Å²) >= 11 is 0. The van der Waals surface area contributed by atoms with Gasteiger partial charge in [-0.05, 0) is 66.5 Å². The molecule has 0 saturated heterocycles. The molecule has 0 amide bonds. The highest BCUT2D eigenvalue weighted by Crippen LogP contribution is 2.48. The Balaban J connectivity index is 1.49. The Morgan fingerprint density at radius 1 is 0.378 bits per heavy atom. The van der Waals surface area contributed by atoms with Gasteiger partial charge >= 0.3 is 0 Å². The predicted octanol–water partition coefficient (Wildman–Crippen LogP) is 12.6. The predicted molar refractivity (Wildman–Crippen MR) is 190 cm³/mol. The van der Waals surface area contributed by atoms with E-state index in [0.717, 1.165) is 43.8 Å². The molecule has 0 aliphatic carbocycles. The second-order valence-corrected chi connectivity index (χ2v) is 11.1. The molecule has 45 heavy (non-hydrogen) atoms. The average molecular weight is 579 g/mol. The van der Waals surface area contributed by atoms with E-state index in [1.165, 1.54) is 0 Å². The van der Waals surface area contributed by atoms with Crippen LogP contribution < -0.4 is 0 Å². The molecule has 0 unspecified atom stereocenters. The summed E-state index contributed by atoms with van der Waals surface area (Å²) in [7, 11) is 0. The first-order valence-electron chi connectivity index (χ1n) is 18.0. The quantitative estimate of drug-likeness (QED) is 0.189. The normalized spacial score (nSPS) is 13.4. The smallest absolute Gasteiger partial charge is 0.143 e. The van der Waals surface area contributed by atoms with Gasteiger partial charge in [0.05, 0.1) is 8.22 Å². The Morgan fingerprint density at radius 2 is 0.844 bits per heavy atom. The maximum Gasteiger partial charge on any atom is 0.143 e. The topological polar surface area (TPSA) is 13.1 Å². The molecule has 9 rings (SSSR count). The van der Waals surface area contributed by atoms with E-state index < -0.39 is 0 Å². The second kappa shape index (κ2) is 10.4. The zero-order valence-electron chi connectivity index (χ0n) is 30.1. The summed E-state index contributed by atoms with van der Waals surface area (Å²) in [5, 5.41) is 4.17. The summed E-state index contributed by atoms with van der Waals surface area (Å²) in [6.07, 6.45) is 0. The molecule has 0 atom stereocenters. The molecule has 0 spiro atoms. The Bertz CT molecular complexity index is 2800. The largest absolute Gasteiger partial charge is 0.455 e. The number of benzene rings is 8. The van der Waals surface area contributed by atoms with Crippen LogP contribution in [0.2, 0.25) is 0 Å². The molecule has 0 N–H and O–H groups in total. The van der Waals surface area contributed by atoms with E-state index in [1.807, 2.05) is 97.1 Å². The van der Waals surface area contributed by atoms with Crippen molar-refractivity contribution in [1.29, 1.82) is 0 Å². The van der Waals surface area contributed by atoms with Crippen LogP contribution >= 0.6 is 0 Å². The summed E-state index contributed by atoms with van der Waals surface area (Å²) in [5.41, 5.74) is 6.56. The van der Waals surface area contributed by atoms with Crippen molar-refractivity contribution < 1.29 is 12.6 Å². The molecule has 8 aromatic carbocycles. The Kier molecular flexibility index (Phi) is 4.63. The number of hydrogen-bond donors (Lipinski definition) is 0. The summed E-state index contributed by atoms with van der Waals surface area (Å²) < 4.78 is 60.9. The first-order chi connectivity index (χ1) is 24.9. The van der Waals surface area contributed by atoms with Crippen LogP contribution in [0.25, 0.3) is 88.0 Å². The van der Waals surface area contributed by atoms with E-state index in [2.05, 4.69) is 36.4 Å². The highest BCUT2D eigenvalue weighted by molar-refractivity contribution is 6.26. The molecule has 1 nitrogen and oxygen atoms in total. The standard InChI is InChI=1S/C44H28O/c1-3-15-29(16-4-1)31-19-7-8-20-33(31)41-34-21-9-11-23-36(34)42(37-24-12-10-22-35(37)41)38-26-14-28-40-43(38)39-27-13-25-32(44(39)45-40)30-17-5-2-6-18-30/h1-28H/i13D,14D,25D,26D,27D,28D. The molecular weight excluding hydrogens is 544 g/mol. The minimum Gasteiger partial charge on any atom is -0.455 e. The van der Waals surface area contributed by atoms with E-state index in [4.69, 9.17) is 9.90 Å². The Hall–Kier alpha value is -5.92. The van der Waals surface area contributed by atoms with Gasteiger partial charge in [0, 0.05) is 16.3 Å². The molecule has 9 aromatic rings. The molecule has 1 aromatic heterocycles. The monoisotopic (exact) mass is 578 g/mol. The Morgan fingerprint density at radius 3 is 1.47 bits per heavy atom. The van der Waals surface area contributed by atoms with Crippen molar-refractivity contribution in [2.24, 2.45) is 0 Å². The fourth-order valence-corrected chi connectivity index (χ4v) is 6.73. The Labute approximate surface area is 270 Å². The van der Waals surface area contributed by atoms with E-state index in [1.54, 1.807) is 0 Å². The van der Waals surface area contributed by atoms with Gasteiger partial charge in [0.2, 0.25) is 0 Å². The van der Waals surface area contributed by atoms with Crippen LogP contribution in [-0.4, -0.2) is 0 Å². The lowest BCUT2D eigenvalue weighted by atomic mass is 9.83. The first kappa shape index (κ1) is 20.1. The van der Waals surface area contributed by atoms with Crippen molar-refractivity contribution in [2.45, 2.75) is 0 Å². The number of fused-ring (bicyclic) bond motifs is 5. The van der Waals surface area contributed by atoms with Crippen LogP contribution in [-0.2, 0) is 0 Å². The van der Waals surface area contributed by atoms with Gasteiger partial charge in [-0.15, -0.1) is 0 Å². The SMILES string of the molecule is [2H]c1c([2H])c(-c2c3ccccc3c(-c3ccccc3-c3ccccc3)c3ccccc23)c2c(oc3c(-c4ccccc4)c([2H])c([2H])c([2H])c32)c1[2H]. The molecular formula is C44H28O. The van der Waals surface area contributed by atoms with E-state index in [-0.39, 0.29) is 52.8 Å². The third-order valence-corrected chi connectivity index (χ3v) is 8.65. The molecule has 1 heterocycles. The summed E-state index contributed by atoms with van der Waals surface area (Å²) in [6, 6.07) is 42.6. The van der Waals surface area contributed by atoms with Gasteiger partial charge < -0.3 is 4.42 Å². The van der Waals surface area contributed by atoms with Gasteiger partial charge in [-0.1, -0.05) is 164 Å². The van der Waals surface area contributed by atoms with E-state index in [0.29, 0.717) is 27.6 Å². The third-order valence-electron chi connectivity index (χ3n) is 8.65. The fraction of sp³-hybridized carbons (Fsp3) is 0. The lowest BCUT2D eigenvalue weighted by molar-refractivity contribution is 0.670. The van der Waals surface area contributed by atoms with Crippen LogP contribution in [0.3, 0.4) is 0 Å². The fourth-order valence-electron chi connectivity index (χ4n) is 6.73. The van der Waals surface area contributed by atoms with Crippen molar-refractivity contribution >= 4 is 43.5 Å². The van der Waals surface area contributed by atoms with Gasteiger partial charge in [0.15, 0.2) is 0 Å². The molecule has 0 aliphatic rings. The van der Waals surface area contributed by atoms with E-state index >= 15 is 0 Å². The molecule has 0 aliphatic heterocycles. The van der Waals surface area contributed by atoms with Crippen LogP contribution in [0.15, 0.2) is 174 Å². The zero-order chi connectivity index (χ0) is 35.0. The number of hydrogen-bond acceptors (Lipinski definition) is 1. The van der Waals surface area contributed by atoms with Gasteiger partial charge in [-0.25, -0.2) is 0 Å². The van der Waals surface area contributed by atoms with Crippen molar-refractivity contribution in [3.63, 3.8) is 0 Å². The summed E-state index contributed by atoms with van der Waals surface area (Å²) in [6.45, 7) is 0. The molecule has 1 heteroatoms. The van der Waals surface area contributed by atoms with Crippen molar-refractivity contribution in [3.05, 3.63) is 170 Å². The number of furan rings is 1. The molecule has 210 valence electrons. The average Bonchev–Trinajstić information content (AvgIpc) is 3.57. The molecule has 0 bridgehead atoms. The zero-order valence-corrected chi connectivity index (χ0v) is 24.1. The lowest BCUT2D eigenvalue weighted by Crippen LogP contribution is -1.93. The van der Waals surface area contributed by atoms with Crippen LogP contribution in [0.1, 0.15) is 8.22 Å². The van der Waals surface area contributed by atoms with Crippen LogP contribution in [0.5, 0.6) is 0 Å². The second-order valence-electron chi connectivity index (χ2n) is 11.1. The van der Waals surface area contributed by atoms with Crippen molar-refractivity contribution in [2.75, 3.05) is 0 Å². The van der Waals surface area contributed by atoms with Gasteiger partial charge in [-0.2, -0.15) is 0 Å². The first-order valence-corrected chi connectivity index (χ1v) is 15.0. The summed E-state index contributed by atoms with van der Waals surface area (Å²) in [5.74, 6) is 0. The molecule has 0 radical (unpaired) electrons. The van der Waals surface area contributed by atoms with Crippen LogP contribution in [0.4, 0.5) is 0 Å². The minimum absolute atomic E-state index is 0.0587. The van der Waals surface area contributed by atoms with Gasteiger partial charge in [-0.3, -0.25) is 0 Å². The maximum absolute atomic E-state index is 9.47. The van der Waals surface area contributed by atoms with Gasteiger partial charge in [0.25, 0.3) is 0 Å². The maximum atomic E-state index is 9.47. The van der Waals surface area contributed by atoms with Crippen LogP contribution in [0, 0.1) is 0 Å². The highest BCUT2D eigenvalue weighted by Gasteiger charge is 2.22. The number of rotatable bonds is 4. The lowest BCUT2D eigenvalue weighted by Gasteiger charge is -2.20. The third kappa shape index (κ3) is 4.02. The van der Waals surface area contributed by atoms with Crippen molar-refractivity contribution in [3.8, 4) is 44.5 Å².